The van der Waals surface area contributed by atoms with Crippen LogP contribution < -0.4 is 9.47 Å². The van der Waals surface area contributed by atoms with Gasteiger partial charge in [0.05, 0.1) is 18.8 Å². The molecule has 0 fully saturated rings. The summed E-state index contributed by atoms with van der Waals surface area (Å²) in [4.78, 5) is 0. The molecule has 0 aliphatic carbocycles. The van der Waals surface area contributed by atoms with Crippen molar-refractivity contribution in [1.82, 2.24) is 0 Å². The van der Waals surface area contributed by atoms with E-state index in [0.717, 1.165) is 6.42 Å². The monoisotopic (exact) mass is 226 g/mol. The van der Waals surface area contributed by atoms with Crippen LogP contribution in [-0.2, 0) is 5.60 Å². The van der Waals surface area contributed by atoms with Crippen LogP contribution in [0.4, 0.5) is 4.39 Å². The molecule has 0 saturated heterocycles. The molecule has 0 atom stereocenters. The van der Waals surface area contributed by atoms with Crippen LogP contribution in [0, 0.1) is 5.82 Å². The van der Waals surface area contributed by atoms with Crippen molar-refractivity contribution in [3.05, 3.63) is 23.5 Å². The Morgan fingerprint density at radius 1 is 1.25 bits per heavy atom. The minimum Gasteiger partial charge on any atom is -0.489 e. The smallest absolute Gasteiger partial charge is 0.197 e. The van der Waals surface area contributed by atoms with Gasteiger partial charge in [-0.05, 0) is 31.5 Å². The van der Waals surface area contributed by atoms with Crippen LogP contribution >= 0.6 is 0 Å². The van der Waals surface area contributed by atoms with Gasteiger partial charge in [0.1, 0.15) is 0 Å². The van der Waals surface area contributed by atoms with Crippen LogP contribution in [0.1, 0.15) is 25.8 Å². The second-order valence-corrected chi connectivity index (χ2v) is 4.39. The molecule has 0 radical (unpaired) electrons. The lowest BCUT2D eigenvalue weighted by atomic mass is 9.98. The van der Waals surface area contributed by atoms with Gasteiger partial charge < -0.3 is 14.6 Å². The highest BCUT2D eigenvalue weighted by atomic mass is 19.1. The molecule has 0 bridgehead atoms. The lowest BCUT2D eigenvalue weighted by molar-refractivity contribution is 0.0778. The van der Waals surface area contributed by atoms with Crippen molar-refractivity contribution < 1.29 is 19.0 Å². The molecule has 4 heteroatoms. The summed E-state index contributed by atoms with van der Waals surface area (Å²) >= 11 is 0. The van der Waals surface area contributed by atoms with Crippen LogP contribution in [0.25, 0.3) is 0 Å². The molecule has 0 spiro atoms. The van der Waals surface area contributed by atoms with Crippen LogP contribution in [-0.4, -0.2) is 18.3 Å². The van der Waals surface area contributed by atoms with E-state index in [1.165, 1.54) is 6.07 Å². The summed E-state index contributed by atoms with van der Waals surface area (Å²) in [6.07, 6.45) is 0.728. The van der Waals surface area contributed by atoms with E-state index >= 15 is 0 Å². The van der Waals surface area contributed by atoms with E-state index in [0.29, 0.717) is 24.5 Å². The first-order valence-electron chi connectivity index (χ1n) is 5.30. The summed E-state index contributed by atoms with van der Waals surface area (Å²) < 4.78 is 24.4. The maximum atomic E-state index is 13.7. The predicted molar refractivity (Wildman–Crippen MR) is 57.3 cm³/mol. The molecule has 1 heterocycles. The van der Waals surface area contributed by atoms with Crippen LogP contribution in [0.5, 0.6) is 11.5 Å². The molecule has 88 valence electrons. The van der Waals surface area contributed by atoms with Gasteiger partial charge in [0.15, 0.2) is 17.3 Å². The van der Waals surface area contributed by atoms with Crippen molar-refractivity contribution in [2.75, 3.05) is 13.2 Å². The highest BCUT2D eigenvalue weighted by molar-refractivity contribution is 5.46. The van der Waals surface area contributed by atoms with E-state index in [4.69, 9.17) is 9.47 Å². The number of hydrogen-bond donors (Lipinski definition) is 1. The van der Waals surface area contributed by atoms with Gasteiger partial charge in [-0.3, -0.25) is 0 Å². The molecule has 0 saturated carbocycles. The largest absolute Gasteiger partial charge is 0.489 e. The number of halogens is 1. The first-order chi connectivity index (χ1) is 7.48. The molecule has 1 aromatic carbocycles. The number of aliphatic hydroxyl groups is 1. The van der Waals surface area contributed by atoms with Crippen LogP contribution in [0.2, 0.25) is 0 Å². The molecule has 16 heavy (non-hydrogen) atoms. The van der Waals surface area contributed by atoms with Gasteiger partial charge in [-0.2, -0.15) is 0 Å². The topological polar surface area (TPSA) is 38.7 Å². The first-order valence-corrected chi connectivity index (χ1v) is 5.30. The highest BCUT2D eigenvalue weighted by Crippen LogP contribution is 2.36. The first kappa shape index (κ1) is 11.2. The van der Waals surface area contributed by atoms with Gasteiger partial charge in [-0.15, -0.1) is 0 Å². The summed E-state index contributed by atoms with van der Waals surface area (Å²) in [5.41, 5.74) is -0.611. The fourth-order valence-electron chi connectivity index (χ4n) is 1.58. The average molecular weight is 226 g/mol. The SMILES string of the molecule is CC(C)(O)c1cc(F)c2c(c1)OCCCO2. The highest BCUT2D eigenvalue weighted by Gasteiger charge is 2.23. The molecular formula is C12H15FO3. The Morgan fingerprint density at radius 3 is 2.62 bits per heavy atom. The Kier molecular flexibility index (Phi) is 2.76. The summed E-state index contributed by atoms with van der Waals surface area (Å²) in [6.45, 7) is 4.16. The van der Waals surface area contributed by atoms with Gasteiger partial charge >= 0.3 is 0 Å². The summed E-state index contributed by atoms with van der Waals surface area (Å²) in [5, 5.41) is 9.82. The molecule has 1 aromatic rings. The fraction of sp³-hybridized carbons (Fsp3) is 0.500. The normalized spacial score (nSPS) is 15.8. The molecule has 1 aliphatic rings. The Hall–Kier alpha value is -1.29. The van der Waals surface area contributed by atoms with Gasteiger partial charge in [0.25, 0.3) is 0 Å². The van der Waals surface area contributed by atoms with Crippen molar-refractivity contribution in [3.63, 3.8) is 0 Å². The van der Waals surface area contributed by atoms with E-state index in [2.05, 4.69) is 0 Å². The molecule has 0 amide bonds. The standard InChI is InChI=1S/C12H15FO3/c1-12(2,14)8-6-9(13)11-10(7-8)15-4-3-5-16-11/h6-7,14H,3-5H2,1-2H3. The number of fused-ring (bicyclic) bond motifs is 1. The van der Waals surface area contributed by atoms with Crippen LogP contribution in [0.3, 0.4) is 0 Å². The van der Waals surface area contributed by atoms with Gasteiger partial charge in [-0.25, -0.2) is 4.39 Å². The Morgan fingerprint density at radius 2 is 1.94 bits per heavy atom. The number of ether oxygens (including phenoxy) is 2. The quantitative estimate of drug-likeness (QED) is 0.798. The molecule has 2 rings (SSSR count). The zero-order valence-electron chi connectivity index (χ0n) is 9.42. The van der Waals surface area contributed by atoms with E-state index in [9.17, 15) is 9.50 Å². The third-order valence-corrected chi connectivity index (χ3v) is 2.51. The zero-order valence-corrected chi connectivity index (χ0v) is 9.42. The average Bonchev–Trinajstić information content (AvgIpc) is 2.41. The van der Waals surface area contributed by atoms with E-state index < -0.39 is 11.4 Å². The fourth-order valence-corrected chi connectivity index (χ4v) is 1.58. The van der Waals surface area contributed by atoms with E-state index in [-0.39, 0.29) is 5.75 Å². The van der Waals surface area contributed by atoms with Crippen molar-refractivity contribution in [2.24, 2.45) is 0 Å². The molecule has 3 nitrogen and oxygen atoms in total. The summed E-state index contributed by atoms with van der Waals surface area (Å²) in [5.74, 6) is 0.0247. The maximum Gasteiger partial charge on any atom is 0.197 e. The van der Waals surface area contributed by atoms with Gasteiger partial charge in [0, 0.05) is 6.42 Å². The second kappa shape index (κ2) is 3.94. The Balaban J connectivity index is 2.48. The Bertz CT molecular complexity index is 396. The van der Waals surface area contributed by atoms with Gasteiger partial charge in [-0.1, -0.05) is 0 Å². The van der Waals surface area contributed by atoms with Gasteiger partial charge in [0.2, 0.25) is 0 Å². The minimum atomic E-state index is -1.09. The summed E-state index contributed by atoms with van der Waals surface area (Å²) in [6, 6.07) is 2.91. The third-order valence-electron chi connectivity index (χ3n) is 2.51. The molecule has 1 aliphatic heterocycles. The molecule has 0 unspecified atom stereocenters. The molecule has 1 N–H and O–H groups in total. The number of benzene rings is 1. The van der Waals surface area contributed by atoms with Crippen molar-refractivity contribution in [2.45, 2.75) is 25.9 Å². The lowest BCUT2D eigenvalue weighted by Gasteiger charge is -2.19. The van der Waals surface area contributed by atoms with E-state index in [1.54, 1.807) is 19.9 Å². The van der Waals surface area contributed by atoms with Crippen molar-refractivity contribution in [1.29, 1.82) is 0 Å². The van der Waals surface area contributed by atoms with Crippen LogP contribution in [0.15, 0.2) is 12.1 Å². The zero-order chi connectivity index (χ0) is 11.8. The molecular weight excluding hydrogens is 211 g/mol. The summed E-state index contributed by atoms with van der Waals surface area (Å²) in [7, 11) is 0. The second-order valence-electron chi connectivity index (χ2n) is 4.39. The Labute approximate surface area is 93.8 Å². The number of rotatable bonds is 1. The lowest BCUT2D eigenvalue weighted by Crippen LogP contribution is -2.16. The molecule has 0 aromatic heterocycles. The number of hydrogen-bond acceptors (Lipinski definition) is 3. The van der Waals surface area contributed by atoms with Crippen molar-refractivity contribution >= 4 is 0 Å². The third kappa shape index (κ3) is 2.11. The van der Waals surface area contributed by atoms with Crippen molar-refractivity contribution in [3.8, 4) is 11.5 Å². The predicted octanol–water partition coefficient (Wildman–Crippen LogP) is 2.21. The maximum absolute atomic E-state index is 13.7. The van der Waals surface area contributed by atoms with E-state index in [1.807, 2.05) is 0 Å². The minimum absolute atomic E-state index is 0.144.